The summed E-state index contributed by atoms with van der Waals surface area (Å²) < 4.78 is 22.2. The highest BCUT2D eigenvalue weighted by Crippen LogP contribution is 2.57. The molecule has 0 aromatic carbocycles. The number of carbonyl (C=O) groups excluding carboxylic acids is 2. The van der Waals surface area contributed by atoms with Gasteiger partial charge in [0, 0.05) is 19.4 Å². The number of unbranched alkanes of at least 4 members (excludes halogenated alkanes) is 12. The van der Waals surface area contributed by atoms with E-state index < -0.39 is 7.60 Å². The van der Waals surface area contributed by atoms with Crippen molar-refractivity contribution >= 4 is 19.5 Å². The average molecular weight is 547 g/mol. The number of ether oxygens (including phenoxy) is 1. The smallest absolute Gasteiger partial charge is 0.331 e. The number of nitrogens with one attached hydrogen (secondary N) is 1. The molecule has 0 radical (unpaired) electrons. The van der Waals surface area contributed by atoms with Gasteiger partial charge in [-0.2, -0.15) is 0 Å². The summed E-state index contributed by atoms with van der Waals surface area (Å²) in [5, 5.41) is 2.82. The third kappa shape index (κ3) is 18.1. The Balaban J connectivity index is 1.85. The molecule has 1 rings (SSSR count). The Labute approximate surface area is 225 Å². The van der Waals surface area contributed by atoms with Crippen LogP contribution in [0.3, 0.4) is 0 Å². The van der Waals surface area contributed by atoms with Gasteiger partial charge in [0.1, 0.15) is 6.61 Å². The van der Waals surface area contributed by atoms with E-state index in [1.807, 2.05) is 0 Å². The molecule has 1 aliphatic rings. The number of nitrogens with two attached hydrogens (primary N) is 1. The molecule has 1 fully saturated rings. The lowest BCUT2D eigenvalue weighted by molar-refractivity contribution is -0.144. The van der Waals surface area contributed by atoms with Gasteiger partial charge < -0.3 is 25.2 Å². The summed E-state index contributed by atoms with van der Waals surface area (Å²) in [5.74, 6) is 0.111. The van der Waals surface area contributed by atoms with Gasteiger partial charge in [0.05, 0.1) is 18.8 Å². The summed E-state index contributed by atoms with van der Waals surface area (Å²) >= 11 is 0. The number of esters is 1. The second kappa shape index (κ2) is 21.9. The van der Waals surface area contributed by atoms with Gasteiger partial charge in [-0.25, -0.2) is 0 Å². The molecular formula is C28H55N2O6P. The van der Waals surface area contributed by atoms with Gasteiger partial charge in [0.25, 0.3) is 0 Å². The molecule has 1 atom stereocenters. The predicted octanol–water partition coefficient (Wildman–Crippen LogP) is 6.24. The fraction of sp³-hybridized carbons (Fsp3) is 0.929. The molecule has 218 valence electrons. The van der Waals surface area contributed by atoms with Crippen LogP contribution in [0, 0.1) is 5.92 Å². The quantitative estimate of drug-likeness (QED) is 0.0703. The minimum Gasteiger partial charge on any atom is -0.464 e. The summed E-state index contributed by atoms with van der Waals surface area (Å²) in [5.41, 5.74) is 5.01. The summed E-state index contributed by atoms with van der Waals surface area (Å²) in [4.78, 5) is 33.7. The van der Waals surface area contributed by atoms with Crippen molar-refractivity contribution in [2.24, 2.45) is 11.7 Å². The van der Waals surface area contributed by atoms with Crippen molar-refractivity contribution in [2.45, 2.75) is 135 Å². The molecule has 0 heterocycles. The lowest BCUT2D eigenvalue weighted by Crippen LogP contribution is -2.30. The molecule has 9 heteroatoms. The first-order chi connectivity index (χ1) is 17.9. The van der Waals surface area contributed by atoms with E-state index in [1.165, 1.54) is 70.6 Å². The summed E-state index contributed by atoms with van der Waals surface area (Å²) in [7, 11) is -3.56. The van der Waals surface area contributed by atoms with Gasteiger partial charge in [-0.1, -0.05) is 84.0 Å². The second-order valence-electron chi connectivity index (χ2n) is 10.6. The van der Waals surface area contributed by atoms with Crippen LogP contribution < -0.4 is 11.1 Å². The number of carbonyl (C=O) groups is 2. The van der Waals surface area contributed by atoms with Crippen molar-refractivity contribution in [2.75, 3.05) is 26.3 Å². The standard InChI is InChI=1S/C28H55N2O6P/c1-2-3-4-5-6-7-8-9-10-11-12-13-14-17-27(31)30-20-22-35-28(32)18-15-16-25-23-26(24-25)37(33,34)36-21-19-29/h25-26H,2-24,29H2,1H3,(H,30,31)(H,33,34). The van der Waals surface area contributed by atoms with Crippen molar-refractivity contribution < 1.29 is 28.3 Å². The van der Waals surface area contributed by atoms with E-state index in [4.69, 9.17) is 15.0 Å². The molecule has 4 N–H and O–H groups in total. The molecule has 0 bridgehead atoms. The van der Waals surface area contributed by atoms with Crippen molar-refractivity contribution in [3.63, 3.8) is 0 Å². The maximum atomic E-state index is 12.0. The first-order valence-electron chi connectivity index (χ1n) is 15.0. The maximum Gasteiger partial charge on any atom is 0.331 e. The molecule has 1 unspecified atom stereocenters. The number of amides is 1. The van der Waals surface area contributed by atoms with Gasteiger partial charge in [-0.15, -0.1) is 0 Å². The predicted molar refractivity (Wildman–Crippen MR) is 149 cm³/mol. The van der Waals surface area contributed by atoms with Gasteiger partial charge in [0.2, 0.25) is 5.91 Å². The van der Waals surface area contributed by atoms with Crippen LogP contribution in [0.25, 0.3) is 0 Å². The molecule has 0 aromatic rings. The van der Waals surface area contributed by atoms with Gasteiger partial charge >= 0.3 is 13.6 Å². The molecule has 8 nitrogen and oxygen atoms in total. The van der Waals surface area contributed by atoms with E-state index >= 15 is 0 Å². The van der Waals surface area contributed by atoms with Crippen molar-refractivity contribution in [1.82, 2.24) is 5.32 Å². The highest BCUT2D eigenvalue weighted by atomic mass is 31.2. The van der Waals surface area contributed by atoms with Gasteiger partial charge in [0.15, 0.2) is 0 Å². The molecular weight excluding hydrogens is 491 g/mol. The molecule has 0 aliphatic heterocycles. The van der Waals surface area contributed by atoms with Crippen LogP contribution in [0.5, 0.6) is 0 Å². The minimum absolute atomic E-state index is 0.0234. The lowest BCUT2D eigenvalue weighted by Gasteiger charge is -2.37. The SMILES string of the molecule is CCCCCCCCCCCCCCCC(=O)NCCOC(=O)CCCC1CC(P(=O)(O)OCCN)C1. The van der Waals surface area contributed by atoms with Crippen LogP contribution in [0.15, 0.2) is 0 Å². The fourth-order valence-corrected chi connectivity index (χ4v) is 6.55. The van der Waals surface area contributed by atoms with Crippen LogP contribution in [0.2, 0.25) is 0 Å². The van der Waals surface area contributed by atoms with E-state index in [2.05, 4.69) is 12.2 Å². The van der Waals surface area contributed by atoms with E-state index in [1.54, 1.807) is 0 Å². The Kier molecular flexibility index (Phi) is 20.2. The van der Waals surface area contributed by atoms with Crippen molar-refractivity contribution in [1.29, 1.82) is 0 Å². The zero-order valence-corrected chi connectivity index (χ0v) is 24.3. The summed E-state index contributed by atoms with van der Waals surface area (Å²) in [6.45, 7) is 3.13. The largest absolute Gasteiger partial charge is 0.464 e. The molecule has 0 spiro atoms. The number of hydrogen-bond donors (Lipinski definition) is 3. The van der Waals surface area contributed by atoms with Crippen molar-refractivity contribution in [3.05, 3.63) is 0 Å². The molecule has 1 aliphatic carbocycles. The molecule has 37 heavy (non-hydrogen) atoms. The normalized spacial score (nSPS) is 18.7. The van der Waals surface area contributed by atoms with Crippen LogP contribution >= 0.6 is 7.60 Å². The van der Waals surface area contributed by atoms with E-state index in [-0.39, 0.29) is 37.3 Å². The Morgan fingerprint density at radius 1 is 0.865 bits per heavy atom. The first kappa shape index (κ1) is 34.1. The van der Waals surface area contributed by atoms with Gasteiger partial charge in [-0.05, 0) is 38.0 Å². The number of hydrogen-bond acceptors (Lipinski definition) is 6. The van der Waals surface area contributed by atoms with Crippen molar-refractivity contribution in [3.8, 4) is 0 Å². The van der Waals surface area contributed by atoms with E-state index in [0.29, 0.717) is 44.6 Å². The van der Waals surface area contributed by atoms with E-state index in [9.17, 15) is 19.0 Å². The molecule has 0 aromatic heterocycles. The highest BCUT2D eigenvalue weighted by molar-refractivity contribution is 7.53. The van der Waals surface area contributed by atoms with Crippen LogP contribution in [0.4, 0.5) is 0 Å². The fourth-order valence-electron chi connectivity index (χ4n) is 4.85. The second-order valence-corrected chi connectivity index (χ2v) is 12.7. The highest BCUT2D eigenvalue weighted by Gasteiger charge is 2.42. The van der Waals surface area contributed by atoms with E-state index in [0.717, 1.165) is 19.3 Å². The first-order valence-corrected chi connectivity index (χ1v) is 16.6. The monoisotopic (exact) mass is 546 g/mol. The van der Waals surface area contributed by atoms with Crippen LogP contribution in [-0.2, 0) is 23.4 Å². The third-order valence-corrected chi connectivity index (χ3v) is 9.15. The minimum atomic E-state index is -3.56. The topological polar surface area (TPSA) is 128 Å². The van der Waals surface area contributed by atoms with Crippen LogP contribution in [-0.4, -0.2) is 48.7 Å². The molecule has 0 saturated heterocycles. The zero-order chi connectivity index (χ0) is 27.2. The Morgan fingerprint density at radius 3 is 2.00 bits per heavy atom. The maximum absolute atomic E-state index is 12.0. The lowest BCUT2D eigenvalue weighted by atomic mass is 9.81. The Bertz CT molecular complexity index is 642. The average Bonchev–Trinajstić information content (AvgIpc) is 2.84. The third-order valence-electron chi connectivity index (χ3n) is 7.25. The Morgan fingerprint density at radius 2 is 1.43 bits per heavy atom. The van der Waals surface area contributed by atoms with Crippen LogP contribution in [0.1, 0.15) is 129 Å². The zero-order valence-electron chi connectivity index (χ0n) is 23.4. The Hall–Kier alpha value is -0.950. The number of rotatable bonds is 25. The molecule has 1 saturated carbocycles. The summed E-state index contributed by atoms with van der Waals surface area (Å²) in [6, 6.07) is 0. The molecule has 1 amide bonds. The van der Waals surface area contributed by atoms with Gasteiger partial charge in [-0.3, -0.25) is 14.2 Å². The summed E-state index contributed by atoms with van der Waals surface area (Å²) in [6.07, 6.45) is 20.4.